The quantitative estimate of drug-likeness (QED) is 0.787. The predicted molar refractivity (Wildman–Crippen MR) is 103 cm³/mol. The van der Waals surface area contributed by atoms with Crippen molar-refractivity contribution < 1.29 is 19.1 Å². The van der Waals surface area contributed by atoms with E-state index in [0.29, 0.717) is 38.5 Å². The van der Waals surface area contributed by atoms with E-state index < -0.39 is 0 Å². The standard InChI is InChI=1S/C20H27N3O4/c1-3-26-16-7-6-15-12-18(21-17(15)13-16)20(25)23-9-5-8-22(10-11-23)14-19(24)27-4-2/h6-7,12-13,21H,3-5,8-11,14H2,1-2H3. The van der Waals surface area contributed by atoms with E-state index in [1.54, 1.807) is 6.92 Å². The van der Waals surface area contributed by atoms with Crippen molar-refractivity contribution in [2.24, 2.45) is 0 Å². The van der Waals surface area contributed by atoms with E-state index >= 15 is 0 Å². The summed E-state index contributed by atoms with van der Waals surface area (Å²) in [4.78, 5) is 31.7. The third-order valence-electron chi connectivity index (χ3n) is 4.67. The molecule has 3 rings (SSSR count). The Balaban J connectivity index is 1.65. The number of hydrogen-bond acceptors (Lipinski definition) is 5. The maximum absolute atomic E-state index is 12.9. The Morgan fingerprint density at radius 1 is 1.07 bits per heavy atom. The molecule has 0 radical (unpaired) electrons. The lowest BCUT2D eigenvalue weighted by Crippen LogP contribution is -2.37. The molecule has 1 amide bonds. The minimum atomic E-state index is -0.210. The molecule has 146 valence electrons. The summed E-state index contributed by atoms with van der Waals surface area (Å²) in [6.07, 6.45) is 0.833. The van der Waals surface area contributed by atoms with Crippen LogP contribution in [0.5, 0.6) is 5.75 Å². The van der Waals surface area contributed by atoms with Crippen molar-refractivity contribution in [1.29, 1.82) is 0 Å². The zero-order chi connectivity index (χ0) is 19.2. The highest BCUT2D eigenvalue weighted by Gasteiger charge is 2.23. The van der Waals surface area contributed by atoms with Gasteiger partial charge in [0.2, 0.25) is 0 Å². The van der Waals surface area contributed by atoms with Gasteiger partial charge in [0, 0.05) is 43.1 Å². The van der Waals surface area contributed by atoms with E-state index in [-0.39, 0.29) is 18.4 Å². The molecule has 0 atom stereocenters. The Morgan fingerprint density at radius 2 is 1.93 bits per heavy atom. The summed E-state index contributed by atoms with van der Waals surface area (Å²) >= 11 is 0. The predicted octanol–water partition coefficient (Wildman–Crippen LogP) is 2.28. The molecular weight excluding hydrogens is 346 g/mol. The molecule has 0 aliphatic carbocycles. The Hall–Kier alpha value is -2.54. The molecule has 1 fully saturated rings. The second-order valence-corrected chi connectivity index (χ2v) is 6.59. The van der Waals surface area contributed by atoms with Gasteiger partial charge in [-0.05, 0) is 38.5 Å². The number of rotatable bonds is 6. The summed E-state index contributed by atoms with van der Waals surface area (Å²) < 4.78 is 10.5. The summed E-state index contributed by atoms with van der Waals surface area (Å²) in [6, 6.07) is 7.66. The van der Waals surface area contributed by atoms with Gasteiger partial charge in [0.25, 0.3) is 5.91 Å². The number of H-pyrrole nitrogens is 1. The average Bonchev–Trinajstić information content (AvgIpc) is 2.93. The first kappa shape index (κ1) is 19.2. The molecule has 0 bridgehead atoms. The number of carbonyl (C=O) groups excluding carboxylic acids is 2. The molecule has 1 aromatic carbocycles. The molecule has 1 N–H and O–H groups in total. The number of ether oxygens (including phenoxy) is 2. The molecule has 1 saturated heterocycles. The monoisotopic (exact) mass is 373 g/mol. The van der Waals surface area contributed by atoms with Gasteiger partial charge < -0.3 is 19.4 Å². The van der Waals surface area contributed by atoms with Crippen LogP contribution in [0, 0.1) is 0 Å². The number of carbonyl (C=O) groups is 2. The largest absolute Gasteiger partial charge is 0.494 e. The van der Waals surface area contributed by atoms with Crippen molar-refractivity contribution in [3.05, 3.63) is 30.0 Å². The number of hydrogen-bond donors (Lipinski definition) is 1. The number of nitrogens with one attached hydrogen (secondary N) is 1. The lowest BCUT2D eigenvalue weighted by molar-refractivity contribution is -0.144. The van der Waals surface area contributed by atoms with Crippen LogP contribution in [0.1, 0.15) is 30.8 Å². The molecule has 2 aromatic rings. The van der Waals surface area contributed by atoms with E-state index in [1.165, 1.54) is 0 Å². The maximum Gasteiger partial charge on any atom is 0.320 e. The van der Waals surface area contributed by atoms with Crippen molar-refractivity contribution in [3.8, 4) is 5.75 Å². The minimum Gasteiger partial charge on any atom is -0.494 e. The first-order valence-corrected chi connectivity index (χ1v) is 9.53. The van der Waals surface area contributed by atoms with Crippen LogP contribution in [0.15, 0.2) is 24.3 Å². The fourth-order valence-corrected chi connectivity index (χ4v) is 3.37. The van der Waals surface area contributed by atoms with Gasteiger partial charge in [-0.1, -0.05) is 0 Å². The smallest absolute Gasteiger partial charge is 0.320 e. The minimum absolute atomic E-state index is 0.0119. The molecule has 1 aliphatic heterocycles. The van der Waals surface area contributed by atoms with Gasteiger partial charge in [-0.25, -0.2) is 0 Å². The molecule has 0 unspecified atom stereocenters. The number of amides is 1. The molecule has 0 saturated carbocycles. The van der Waals surface area contributed by atoms with Crippen LogP contribution in [-0.2, 0) is 9.53 Å². The molecule has 1 aliphatic rings. The number of aromatic nitrogens is 1. The van der Waals surface area contributed by atoms with E-state index in [9.17, 15) is 9.59 Å². The number of benzene rings is 1. The highest BCUT2D eigenvalue weighted by atomic mass is 16.5. The molecule has 7 nitrogen and oxygen atoms in total. The Morgan fingerprint density at radius 3 is 2.70 bits per heavy atom. The first-order chi connectivity index (χ1) is 13.1. The van der Waals surface area contributed by atoms with Crippen LogP contribution >= 0.6 is 0 Å². The van der Waals surface area contributed by atoms with Crippen LogP contribution in [0.25, 0.3) is 10.9 Å². The SMILES string of the molecule is CCOC(=O)CN1CCCN(C(=O)c2cc3ccc(OCC)cc3[nH]2)CC1. The number of aromatic amines is 1. The van der Waals surface area contributed by atoms with Gasteiger partial charge in [0.15, 0.2) is 0 Å². The van der Waals surface area contributed by atoms with Crippen molar-refractivity contribution in [2.75, 3.05) is 45.9 Å². The van der Waals surface area contributed by atoms with Crippen molar-refractivity contribution in [1.82, 2.24) is 14.8 Å². The van der Waals surface area contributed by atoms with Crippen LogP contribution in [-0.4, -0.2) is 72.6 Å². The van der Waals surface area contributed by atoms with Crippen molar-refractivity contribution >= 4 is 22.8 Å². The zero-order valence-electron chi connectivity index (χ0n) is 16.0. The van der Waals surface area contributed by atoms with Gasteiger partial charge in [-0.2, -0.15) is 0 Å². The summed E-state index contributed by atoms with van der Waals surface area (Å²) in [7, 11) is 0. The van der Waals surface area contributed by atoms with Gasteiger partial charge in [-0.15, -0.1) is 0 Å². The van der Waals surface area contributed by atoms with E-state index in [4.69, 9.17) is 9.47 Å². The third-order valence-corrected chi connectivity index (χ3v) is 4.67. The van der Waals surface area contributed by atoms with Gasteiger partial charge in [0.05, 0.1) is 19.8 Å². The number of nitrogens with zero attached hydrogens (tertiary/aromatic N) is 2. The van der Waals surface area contributed by atoms with Gasteiger partial charge in [0.1, 0.15) is 11.4 Å². The number of esters is 1. The summed E-state index contributed by atoms with van der Waals surface area (Å²) in [5.41, 5.74) is 1.47. The summed E-state index contributed by atoms with van der Waals surface area (Å²) in [5.74, 6) is 0.565. The van der Waals surface area contributed by atoms with Gasteiger partial charge in [-0.3, -0.25) is 14.5 Å². The lowest BCUT2D eigenvalue weighted by atomic mass is 10.2. The Labute approximate surface area is 159 Å². The summed E-state index contributed by atoms with van der Waals surface area (Å²) in [5, 5.41) is 0.987. The molecule has 2 heterocycles. The highest BCUT2D eigenvalue weighted by molar-refractivity contribution is 5.98. The maximum atomic E-state index is 12.9. The van der Waals surface area contributed by atoms with Crippen LogP contribution in [0.4, 0.5) is 0 Å². The second-order valence-electron chi connectivity index (χ2n) is 6.59. The van der Waals surface area contributed by atoms with Crippen molar-refractivity contribution in [3.63, 3.8) is 0 Å². The topological polar surface area (TPSA) is 74.9 Å². The van der Waals surface area contributed by atoms with E-state index in [0.717, 1.165) is 29.6 Å². The molecule has 27 heavy (non-hydrogen) atoms. The van der Waals surface area contributed by atoms with Gasteiger partial charge >= 0.3 is 5.97 Å². The first-order valence-electron chi connectivity index (χ1n) is 9.53. The molecule has 1 aromatic heterocycles. The molecule has 0 spiro atoms. The highest BCUT2D eigenvalue weighted by Crippen LogP contribution is 2.22. The average molecular weight is 373 g/mol. The fraction of sp³-hybridized carbons (Fsp3) is 0.500. The zero-order valence-corrected chi connectivity index (χ0v) is 16.0. The van der Waals surface area contributed by atoms with Crippen LogP contribution in [0.2, 0.25) is 0 Å². The van der Waals surface area contributed by atoms with E-state index in [1.807, 2.05) is 41.0 Å². The summed E-state index contributed by atoms with van der Waals surface area (Å²) in [6.45, 7) is 7.75. The van der Waals surface area contributed by atoms with Crippen LogP contribution in [0.3, 0.4) is 0 Å². The van der Waals surface area contributed by atoms with E-state index in [2.05, 4.69) is 4.98 Å². The fourth-order valence-electron chi connectivity index (χ4n) is 3.37. The Bertz CT molecular complexity index is 802. The second kappa shape index (κ2) is 8.90. The van der Waals surface area contributed by atoms with Crippen LogP contribution < -0.4 is 4.74 Å². The third kappa shape index (κ3) is 4.80. The number of fused-ring (bicyclic) bond motifs is 1. The lowest BCUT2D eigenvalue weighted by Gasteiger charge is -2.21. The molecular formula is C20H27N3O4. The van der Waals surface area contributed by atoms with Crippen molar-refractivity contribution in [2.45, 2.75) is 20.3 Å². The molecule has 7 heteroatoms. The normalized spacial score (nSPS) is 15.6. The Kier molecular flexibility index (Phi) is 6.34.